The van der Waals surface area contributed by atoms with Crippen molar-refractivity contribution in [2.24, 2.45) is 5.92 Å². The van der Waals surface area contributed by atoms with Crippen LogP contribution in [0.3, 0.4) is 0 Å². The summed E-state index contributed by atoms with van der Waals surface area (Å²) in [5, 5.41) is 3.84. The zero-order valence-electron chi connectivity index (χ0n) is 12.9. The second-order valence-corrected chi connectivity index (χ2v) is 6.84. The average molecular weight is 272 g/mol. The fourth-order valence-corrected chi connectivity index (χ4v) is 3.66. The van der Waals surface area contributed by atoms with E-state index in [1.807, 2.05) is 0 Å². The summed E-state index contributed by atoms with van der Waals surface area (Å²) in [5.74, 6) is 0.916. The van der Waals surface area contributed by atoms with Crippen molar-refractivity contribution in [2.75, 3.05) is 19.6 Å². The summed E-state index contributed by atoms with van der Waals surface area (Å²) in [6, 6.07) is 11.6. The minimum Gasteiger partial charge on any atom is -0.308 e. The highest BCUT2D eigenvalue weighted by Crippen LogP contribution is 2.41. The first-order chi connectivity index (χ1) is 9.71. The molecule has 1 aliphatic carbocycles. The lowest BCUT2D eigenvalue weighted by Crippen LogP contribution is -2.64. The van der Waals surface area contributed by atoms with Crippen LogP contribution in [0.4, 0.5) is 0 Å². The van der Waals surface area contributed by atoms with Crippen LogP contribution >= 0.6 is 0 Å². The van der Waals surface area contributed by atoms with Gasteiger partial charge in [0.2, 0.25) is 0 Å². The third-order valence-corrected chi connectivity index (χ3v) is 5.27. The minimum atomic E-state index is 0.363. The van der Waals surface area contributed by atoms with Crippen molar-refractivity contribution in [1.29, 1.82) is 0 Å². The zero-order valence-corrected chi connectivity index (χ0v) is 12.9. The summed E-state index contributed by atoms with van der Waals surface area (Å²) in [6.45, 7) is 8.35. The Morgan fingerprint density at radius 2 is 2.00 bits per heavy atom. The van der Waals surface area contributed by atoms with Gasteiger partial charge in [-0.1, -0.05) is 37.3 Å². The Labute approximate surface area is 123 Å². The first-order valence-electron chi connectivity index (χ1n) is 8.24. The number of nitrogens with one attached hydrogen (secondary N) is 1. The largest absolute Gasteiger partial charge is 0.308 e. The molecule has 1 aromatic carbocycles. The highest BCUT2D eigenvalue weighted by molar-refractivity contribution is 5.15. The summed E-state index contributed by atoms with van der Waals surface area (Å²) in [5.41, 5.74) is 1.83. The molecule has 1 heterocycles. The molecule has 2 aliphatic rings. The van der Waals surface area contributed by atoms with Crippen molar-refractivity contribution in [3.63, 3.8) is 0 Å². The van der Waals surface area contributed by atoms with Crippen LogP contribution in [0.1, 0.15) is 38.7 Å². The maximum absolute atomic E-state index is 3.84. The van der Waals surface area contributed by atoms with Crippen molar-refractivity contribution in [3.8, 4) is 0 Å². The number of nitrogens with zero attached hydrogens (tertiary/aromatic N) is 1. The fraction of sp³-hybridized carbons (Fsp3) is 0.667. The van der Waals surface area contributed by atoms with Gasteiger partial charge in [0.1, 0.15) is 0 Å². The summed E-state index contributed by atoms with van der Waals surface area (Å²) in [7, 11) is 0. The smallest absolute Gasteiger partial charge is 0.0309 e. The molecule has 1 N–H and O–H groups in total. The highest BCUT2D eigenvalue weighted by atomic mass is 15.3. The molecule has 1 aliphatic heterocycles. The van der Waals surface area contributed by atoms with E-state index in [0.717, 1.165) is 12.5 Å². The molecule has 2 atom stereocenters. The lowest BCUT2D eigenvalue weighted by molar-refractivity contribution is 0.0740. The summed E-state index contributed by atoms with van der Waals surface area (Å²) >= 11 is 0. The van der Waals surface area contributed by atoms with Gasteiger partial charge in [0, 0.05) is 31.2 Å². The molecule has 1 saturated heterocycles. The molecular formula is C18H28N2. The van der Waals surface area contributed by atoms with Crippen LogP contribution in [0.25, 0.3) is 0 Å². The SMILES string of the molecule is CCC1CNC(C)(C2CC2)CN1CCc1ccccc1. The molecule has 2 heteroatoms. The van der Waals surface area contributed by atoms with Crippen LogP contribution < -0.4 is 5.32 Å². The third kappa shape index (κ3) is 3.07. The molecule has 2 nitrogen and oxygen atoms in total. The van der Waals surface area contributed by atoms with Gasteiger partial charge in [-0.25, -0.2) is 0 Å². The van der Waals surface area contributed by atoms with Gasteiger partial charge in [-0.3, -0.25) is 4.90 Å². The Kier molecular flexibility index (Phi) is 4.13. The van der Waals surface area contributed by atoms with E-state index in [-0.39, 0.29) is 0 Å². The number of piperazine rings is 1. The molecular weight excluding hydrogens is 244 g/mol. The molecule has 0 aromatic heterocycles. The molecule has 2 unspecified atom stereocenters. The third-order valence-electron chi connectivity index (χ3n) is 5.27. The summed E-state index contributed by atoms with van der Waals surface area (Å²) in [6.07, 6.45) is 5.28. The van der Waals surface area contributed by atoms with Gasteiger partial charge in [0.25, 0.3) is 0 Å². The van der Waals surface area contributed by atoms with E-state index in [2.05, 4.69) is 54.4 Å². The standard InChI is InChI=1S/C18H28N2/c1-3-17-13-19-18(2,16-9-10-16)14-20(17)12-11-15-7-5-4-6-8-15/h4-8,16-17,19H,3,9-14H2,1-2H3. The molecule has 2 fully saturated rings. The second kappa shape index (κ2) is 5.87. The molecule has 0 spiro atoms. The second-order valence-electron chi connectivity index (χ2n) is 6.84. The van der Waals surface area contributed by atoms with Gasteiger partial charge in [-0.2, -0.15) is 0 Å². The molecule has 0 radical (unpaired) electrons. The molecule has 0 amide bonds. The van der Waals surface area contributed by atoms with E-state index in [1.165, 1.54) is 44.3 Å². The molecule has 1 saturated carbocycles. The maximum atomic E-state index is 3.84. The van der Waals surface area contributed by atoms with E-state index >= 15 is 0 Å². The number of benzene rings is 1. The first kappa shape index (κ1) is 14.1. The van der Waals surface area contributed by atoms with Crippen LogP contribution in [-0.2, 0) is 6.42 Å². The molecule has 20 heavy (non-hydrogen) atoms. The van der Waals surface area contributed by atoms with E-state index in [9.17, 15) is 0 Å². The number of hydrogen-bond acceptors (Lipinski definition) is 2. The lowest BCUT2D eigenvalue weighted by atomic mass is 9.90. The summed E-state index contributed by atoms with van der Waals surface area (Å²) in [4.78, 5) is 2.74. The molecule has 110 valence electrons. The highest BCUT2D eigenvalue weighted by Gasteiger charge is 2.45. The van der Waals surface area contributed by atoms with E-state index < -0.39 is 0 Å². The Morgan fingerprint density at radius 1 is 1.25 bits per heavy atom. The van der Waals surface area contributed by atoms with Crippen molar-refractivity contribution >= 4 is 0 Å². The van der Waals surface area contributed by atoms with Gasteiger partial charge in [0.05, 0.1) is 0 Å². The lowest BCUT2D eigenvalue weighted by Gasteiger charge is -2.46. The molecule has 0 bridgehead atoms. The molecule has 1 aromatic rings. The van der Waals surface area contributed by atoms with Crippen molar-refractivity contribution in [3.05, 3.63) is 35.9 Å². The van der Waals surface area contributed by atoms with Gasteiger partial charge >= 0.3 is 0 Å². The van der Waals surface area contributed by atoms with Crippen molar-refractivity contribution in [2.45, 2.75) is 51.1 Å². The monoisotopic (exact) mass is 272 g/mol. The minimum absolute atomic E-state index is 0.363. The van der Waals surface area contributed by atoms with Crippen LogP contribution in [-0.4, -0.2) is 36.1 Å². The van der Waals surface area contributed by atoms with E-state index in [0.29, 0.717) is 11.6 Å². The van der Waals surface area contributed by atoms with E-state index in [4.69, 9.17) is 0 Å². The maximum Gasteiger partial charge on any atom is 0.0309 e. The van der Waals surface area contributed by atoms with Gasteiger partial charge < -0.3 is 5.32 Å². The predicted octanol–water partition coefficient (Wildman–Crippen LogP) is 3.08. The predicted molar refractivity (Wildman–Crippen MR) is 84.9 cm³/mol. The fourth-order valence-electron chi connectivity index (χ4n) is 3.66. The Hall–Kier alpha value is -0.860. The quantitative estimate of drug-likeness (QED) is 0.886. The normalized spacial score (nSPS) is 31.4. The van der Waals surface area contributed by atoms with Crippen LogP contribution in [0.5, 0.6) is 0 Å². The Bertz CT molecular complexity index is 426. The Balaban J connectivity index is 1.62. The molecule has 3 rings (SSSR count). The topological polar surface area (TPSA) is 15.3 Å². The first-order valence-corrected chi connectivity index (χ1v) is 8.24. The number of rotatable bonds is 5. The van der Waals surface area contributed by atoms with Gasteiger partial charge in [-0.05, 0) is 44.1 Å². The van der Waals surface area contributed by atoms with Crippen molar-refractivity contribution in [1.82, 2.24) is 10.2 Å². The average Bonchev–Trinajstić information content (AvgIpc) is 3.31. The van der Waals surface area contributed by atoms with Crippen LogP contribution in [0.15, 0.2) is 30.3 Å². The van der Waals surface area contributed by atoms with Crippen LogP contribution in [0.2, 0.25) is 0 Å². The Morgan fingerprint density at radius 3 is 2.65 bits per heavy atom. The zero-order chi connectivity index (χ0) is 14.0. The van der Waals surface area contributed by atoms with Gasteiger partial charge in [0.15, 0.2) is 0 Å². The number of hydrogen-bond donors (Lipinski definition) is 1. The summed E-state index contributed by atoms with van der Waals surface area (Å²) < 4.78 is 0. The van der Waals surface area contributed by atoms with Gasteiger partial charge in [-0.15, -0.1) is 0 Å². The van der Waals surface area contributed by atoms with Crippen molar-refractivity contribution < 1.29 is 0 Å². The van der Waals surface area contributed by atoms with Crippen LogP contribution in [0, 0.1) is 5.92 Å². The van der Waals surface area contributed by atoms with E-state index in [1.54, 1.807) is 0 Å².